The van der Waals surface area contributed by atoms with Crippen LogP contribution >= 0.6 is 0 Å². The molecule has 0 N–H and O–H groups in total. The zero-order valence-corrected chi connectivity index (χ0v) is 13.4. The summed E-state index contributed by atoms with van der Waals surface area (Å²) < 4.78 is 0. The molecule has 0 aliphatic carbocycles. The summed E-state index contributed by atoms with van der Waals surface area (Å²) in [6.07, 6.45) is 0. The number of nitro benzene ring substituents is 1. The topological polar surface area (TPSA) is 71.1 Å². The van der Waals surface area contributed by atoms with Crippen LogP contribution < -0.4 is 4.90 Å². The van der Waals surface area contributed by atoms with Gasteiger partial charge in [0.05, 0.1) is 10.6 Å². The minimum Gasteiger partial charge on any atom is -0.377 e. The summed E-state index contributed by atoms with van der Waals surface area (Å²) in [5.41, 5.74) is 1.93. The Bertz CT molecular complexity index is 935. The van der Waals surface area contributed by atoms with E-state index in [9.17, 15) is 10.1 Å². The number of nitro groups is 1. The van der Waals surface area contributed by atoms with E-state index in [1.165, 1.54) is 6.07 Å². The van der Waals surface area contributed by atoms with Gasteiger partial charge in [-0.3, -0.25) is 10.1 Å². The predicted molar refractivity (Wildman–Crippen MR) is 95.5 cm³/mol. The molecule has 0 heterocycles. The maximum Gasteiger partial charge on any atom is 0.296 e. The SMILES string of the molecule is CN(C)c1ccc(/N=N/c2ccccc2[N+](=O)[O-])c2ccccc12. The Labute approximate surface area is 139 Å². The highest BCUT2D eigenvalue weighted by Crippen LogP contribution is 2.35. The molecule has 0 aromatic heterocycles. The molecule has 0 aliphatic heterocycles. The van der Waals surface area contributed by atoms with Crippen molar-refractivity contribution in [2.24, 2.45) is 10.2 Å². The van der Waals surface area contributed by atoms with Gasteiger partial charge in [-0.1, -0.05) is 36.4 Å². The summed E-state index contributed by atoms with van der Waals surface area (Å²) in [6.45, 7) is 0. The molecular weight excluding hydrogens is 304 g/mol. The van der Waals surface area contributed by atoms with Crippen LogP contribution in [0.2, 0.25) is 0 Å². The van der Waals surface area contributed by atoms with E-state index in [0.717, 1.165) is 16.5 Å². The second-order valence-corrected chi connectivity index (χ2v) is 5.49. The van der Waals surface area contributed by atoms with Crippen LogP contribution in [0.4, 0.5) is 22.7 Å². The molecule has 0 radical (unpaired) electrons. The zero-order valence-electron chi connectivity index (χ0n) is 13.4. The van der Waals surface area contributed by atoms with Gasteiger partial charge in [-0.15, -0.1) is 10.2 Å². The molecule has 0 aliphatic rings. The lowest BCUT2D eigenvalue weighted by Crippen LogP contribution is -2.08. The summed E-state index contributed by atoms with van der Waals surface area (Å²) in [5.74, 6) is 0. The summed E-state index contributed by atoms with van der Waals surface area (Å²) in [6, 6.07) is 18.0. The van der Waals surface area contributed by atoms with Crippen LogP contribution in [0.25, 0.3) is 10.8 Å². The van der Waals surface area contributed by atoms with Crippen molar-refractivity contribution in [2.75, 3.05) is 19.0 Å². The first kappa shape index (κ1) is 15.6. The van der Waals surface area contributed by atoms with Crippen LogP contribution in [-0.4, -0.2) is 19.0 Å². The van der Waals surface area contributed by atoms with Crippen LogP contribution in [0.15, 0.2) is 70.9 Å². The molecule has 3 aromatic carbocycles. The standard InChI is InChI=1S/C18H16N4O2/c1-21(2)17-12-11-15(13-7-3-4-8-14(13)17)19-20-16-9-5-6-10-18(16)22(23)24/h3-12H,1-2H3/b20-19+. The average Bonchev–Trinajstić information content (AvgIpc) is 2.59. The highest BCUT2D eigenvalue weighted by molar-refractivity contribution is 6.01. The molecule has 6 heteroatoms. The van der Waals surface area contributed by atoms with Crippen molar-refractivity contribution in [1.82, 2.24) is 0 Å². The van der Waals surface area contributed by atoms with E-state index in [0.29, 0.717) is 5.69 Å². The first-order valence-electron chi connectivity index (χ1n) is 7.42. The van der Waals surface area contributed by atoms with Gasteiger partial charge in [0.25, 0.3) is 5.69 Å². The van der Waals surface area contributed by atoms with Crippen LogP contribution in [0.3, 0.4) is 0 Å². The first-order valence-corrected chi connectivity index (χ1v) is 7.42. The lowest BCUT2D eigenvalue weighted by atomic mass is 10.1. The molecule has 3 rings (SSSR count). The Kier molecular flexibility index (Phi) is 4.20. The van der Waals surface area contributed by atoms with Crippen LogP contribution in [0.5, 0.6) is 0 Å². The van der Waals surface area contributed by atoms with Crippen molar-refractivity contribution in [2.45, 2.75) is 0 Å². The van der Waals surface area contributed by atoms with Gasteiger partial charge in [0.2, 0.25) is 0 Å². The maximum absolute atomic E-state index is 11.1. The number of fused-ring (bicyclic) bond motifs is 1. The number of anilines is 1. The van der Waals surface area contributed by atoms with Crippen molar-refractivity contribution in [3.63, 3.8) is 0 Å². The number of para-hydroxylation sites is 1. The number of benzene rings is 3. The van der Waals surface area contributed by atoms with Crippen LogP contribution in [0, 0.1) is 10.1 Å². The highest BCUT2D eigenvalue weighted by Gasteiger charge is 2.12. The van der Waals surface area contributed by atoms with Gasteiger partial charge in [-0.25, -0.2) is 0 Å². The van der Waals surface area contributed by atoms with Gasteiger partial charge in [-0.2, -0.15) is 0 Å². The Balaban J connectivity index is 2.09. The highest BCUT2D eigenvalue weighted by atomic mass is 16.6. The lowest BCUT2D eigenvalue weighted by Gasteiger charge is -2.16. The molecule has 0 fully saturated rings. The van der Waals surface area contributed by atoms with Gasteiger partial charge in [-0.05, 0) is 18.2 Å². The summed E-state index contributed by atoms with van der Waals surface area (Å²) in [7, 11) is 3.96. The summed E-state index contributed by atoms with van der Waals surface area (Å²) in [5, 5.41) is 21.4. The van der Waals surface area contributed by atoms with Crippen LogP contribution in [-0.2, 0) is 0 Å². The third kappa shape index (κ3) is 2.94. The normalized spacial score (nSPS) is 11.1. The van der Waals surface area contributed by atoms with Gasteiger partial charge in [0, 0.05) is 36.6 Å². The number of rotatable bonds is 4. The fourth-order valence-corrected chi connectivity index (χ4v) is 2.56. The van der Waals surface area contributed by atoms with Crippen molar-refractivity contribution in [1.29, 1.82) is 0 Å². The molecular formula is C18H16N4O2. The number of hydrogen-bond donors (Lipinski definition) is 0. The van der Waals surface area contributed by atoms with Gasteiger partial charge in [0.15, 0.2) is 5.69 Å². The molecule has 6 nitrogen and oxygen atoms in total. The molecule has 120 valence electrons. The monoisotopic (exact) mass is 320 g/mol. The summed E-state index contributed by atoms with van der Waals surface area (Å²) in [4.78, 5) is 12.6. The van der Waals surface area contributed by atoms with Gasteiger partial charge < -0.3 is 4.90 Å². The second kappa shape index (κ2) is 6.45. The maximum atomic E-state index is 11.1. The molecule has 3 aromatic rings. The summed E-state index contributed by atoms with van der Waals surface area (Å²) >= 11 is 0. The van der Waals surface area contributed by atoms with Gasteiger partial charge >= 0.3 is 0 Å². The minimum atomic E-state index is -0.457. The van der Waals surface area contributed by atoms with E-state index < -0.39 is 4.92 Å². The minimum absolute atomic E-state index is 0.0598. The van der Waals surface area contributed by atoms with E-state index in [1.54, 1.807) is 18.2 Å². The van der Waals surface area contributed by atoms with E-state index in [1.807, 2.05) is 55.4 Å². The molecule has 0 spiro atoms. The zero-order chi connectivity index (χ0) is 17.1. The Hall–Kier alpha value is -3.28. The van der Waals surface area contributed by atoms with E-state index in [4.69, 9.17) is 0 Å². The second-order valence-electron chi connectivity index (χ2n) is 5.49. The average molecular weight is 320 g/mol. The third-order valence-electron chi connectivity index (χ3n) is 3.70. The van der Waals surface area contributed by atoms with E-state index in [-0.39, 0.29) is 11.4 Å². The fourth-order valence-electron chi connectivity index (χ4n) is 2.56. The number of hydrogen-bond acceptors (Lipinski definition) is 5. The third-order valence-corrected chi connectivity index (χ3v) is 3.70. The fraction of sp³-hybridized carbons (Fsp3) is 0.111. The first-order chi connectivity index (χ1) is 11.6. The van der Waals surface area contributed by atoms with Crippen molar-refractivity contribution < 1.29 is 4.92 Å². The molecule has 0 bridgehead atoms. The van der Waals surface area contributed by atoms with Crippen molar-refractivity contribution in [3.05, 3.63) is 70.8 Å². The number of nitrogens with zero attached hydrogens (tertiary/aromatic N) is 4. The lowest BCUT2D eigenvalue weighted by molar-refractivity contribution is -0.384. The smallest absolute Gasteiger partial charge is 0.296 e. The molecule has 24 heavy (non-hydrogen) atoms. The molecule has 0 atom stereocenters. The Morgan fingerprint density at radius 1 is 0.833 bits per heavy atom. The van der Waals surface area contributed by atoms with Crippen molar-refractivity contribution in [3.8, 4) is 0 Å². The van der Waals surface area contributed by atoms with E-state index >= 15 is 0 Å². The van der Waals surface area contributed by atoms with Crippen molar-refractivity contribution >= 4 is 33.5 Å². The predicted octanol–water partition coefficient (Wildman–Crippen LogP) is 5.23. The van der Waals surface area contributed by atoms with E-state index in [2.05, 4.69) is 10.2 Å². The molecule has 0 unspecified atom stereocenters. The Morgan fingerprint density at radius 2 is 1.46 bits per heavy atom. The quantitative estimate of drug-likeness (QED) is 0.375. The largest absolute Gasteiger partial charge is 0.377 e. The number of azo groups is 1. The van der Waals surface area contributed by atoms with Gasteiger partial charge in [0.1, 0.15) is 0 Å². The van der Waals surface area contributed by atoms with Crippen LogP contribution in [0.1, 0.15) is 0 Å². The molecule has 0 saturated heterocycles. The molecule has 0 saturated carbocycles. The molecule has 0 amide bonds. The Morgan fingerprint density at radius 3 is 2.17 bits per heavy atom.